The molecule has 0 heterocycles. The number of alkyl carbamates (subject to hydrolysis) is 1. The van der Waals surface area contributed by atoms with Crippen LogP contribution in [0, 0.1) is 0 Å². The second-order valence-electron chi connectivity index (χ2n) is 7.51. The Labute approximate surface area is 159 Å². The molecule has 0 aromatic heterocycles. The zero-order chi connectivity index (χ0) is 19.1. The van der Waals surface area contributed by atoms with Crippen molar-refractivity contribution in [3.63, 3.8) is 0 Å². The normalized spacial score (nSPS) is 15.6. The van der Waals surface area contributed by atoms with Gasteiger partial charge in [-0.25, -0.2) is 9.59 Å². The van der Waals surface area contributed by atoms with E-state index in [1.54, 1.807) is 0 Å². The summed E-state index contributed by atoms with van der Waals surface area (Å²) in [6.07, 6.45) is 14.2. The van der Waals surface area contributed by atoms with Crippen molar-refractivity contribution in [2.24, 2.45) is 0 Å². The van der Waals surface area contributed by atoms with Crippen LogP contribution < -0.4 is 5.32 Å². The van der Waals surface area contributed by atoms with Crippen LogP contribution in [0.25, 0.3) is 0 Å². The third kappa shape index (κ3) is 8.91. The smallest absolute Gasteiger partial charge is 0.408 e. The number of hydrogen-bond donors (Lipinski definition) is 1. The molecule has 0 aromatic carbocycles. The largest absolute Gasteiger partial charge is 0.464 e. The lowest BCUT2D eigenvalue weighted by atomic mass is 9.98. The summed E-state index contributed by atoms with van der Waals surface area (Å²) in [5.74, 6) is -0.287. The van der Waals surface area contributed by atoms with Crippen LogP contribution in [-0.2, 0) is 14.3 Å². The third-order valence-electron chi connectivity index (χ3n) is 5.15. The van der Waals surface area contributed by atoms with E-state index in [-0.39, 0.29) is 5.97 Å². The van der Waals surface area contributed by atoms with Gasteiger partial charge in [0, 0.05) is 0 Å². The average Bonchev–Trinajstić information content (AvgIpc) is 3.10. The van der Waals surface area contributed by atoms with Crippen LogP contribution in [0.4, 0.5) is 4.79 Å². The monoisotopic (exact) mass is 369 g/mol. The highest BCUT2D eigenvalue weighted by Crippen LogP contribution is 2.31. The van der Waals surface area contributed by atoms with E-state index in [9.17, 15) is 9.59 Å². The number of carbonyl (C=O) groups excluding carboxylic acids is 2. The highest BCUT2D eigenvalue weighted by atomic mass is 16.6. The molecule has 152 valence electrons. The first-order valence-corrected chi connectivity index (χ1v) is 10.8. The molecule has 0 bridgehead atoms. The minimum absolute atomic E-state index is 0.287. The van der Waals surface area contributed by atoms with Crippen LogP contribution in [0.2, 0.25) is 0 Å². The van der Waals surface area contributed by atoms with Crippen molar-refractivity contribution in [3.8, 4) is 0 Å². The van der Waals surface area contributed by atoms with Crippen LogP contribution in [-0.4, -0.2) is 30.8 Å². The molecule has 0 unspecified atom stereocenters. The Morgan fingerprint density at radius 2 is 1.31 bits per heavy atom. The average molecular weight is 370 g/mol. The third-order valence-corrected chi connectivity index (χ3v) is 5.15. The maximum Gasteiger partial charge on any atom is 0.408 e. The summed E-state index contributed by atoms with van der Waals surface area (Å²) < 4.78 is 10.7. The van der Waals surface area contributed by atoms with Crippen molar-refractivity contribution in [1.82, 2.24) is 5.32 Å². The molecule has 1 fully saturated rings. The van der Waals surface area contributed by atoms with E-state index < -0.39 is 11.6 Å². The van der Waals surface area contributed by atoms with E-state index in [2.05, 4.69) is 12.2 Å². The molecule has 0 spiro atoms. The molecule has 0 saturated heterocycles. The lowest BCUT2D eigenvalue weighted by Gasteiger charge is -2.27. The predicted octanol–water partition coefficient (Wildman–Crippen LogP) is 5.51. The standard InChI is InChI=1S/C21H39NO4/c1-3-5-7-8-9-10-11-14-18-25-19(23)21(15-12-13-16-21)22-20(24)26-17-6-4-2/h3-18H2,1-2H3,(H,22,24). The summed E-state index contributed by atoms with van der Waals surface area (Å²) in [5.41, 5.74) is -0.872. The molecule has 1 aliphatic carbocycles. The molecule has 1 amide bonds. The molecule has 1 rings (SSSR count). The fourth-order valence-corrected chi connectivity index (χ4v) is 3.44. The molecule has 1 aliphatic rings. The van der Waals surface area contributed by atoms with Crippen molar-refractivity contribution in [1.29, 1.82) is 0 Å². The second-order valence-corrected chi connectivity index (χ2v) is 7.51. The van der Waals surface area contributed by atoms with Crippen LogP contribution in [0.3, 0.4) is 0 Å². The number of esters is 1. The summed E-state index contributed by atoms with van der Waals surface area (Å²) >= 11 is 0. The van der Waals surface area contributed by atoms with E-state index in [1.165, 1.54) is 38.5 Å². The fourth-order valence-electron chi connectivity index (χ4n) is 3.44. The van der Waals surface area contributed by atoms with Crippen molar-refractivity contribution < 1.29 is 19.1 Å². The number of ether oxygens (including phenoxy) is 2. The summed E-state index contributed by atoms with van der Waals surface area (Å²) in [5, 5.41) is 2.80. The van der Waals surface area contributed by atoms with Crippen molar-refractivity contribution >= 4 is 12.1 Å². The van der Waals surface area contributed by atoms with Gasteiger partial charge in [-0.15, -0.1) is 0 Å². The molecular weight excluding hydrogens is 330 g/mol. The molecule has 0 aromatic rings. The van der Waals surface area contributed by atoms with Gasteiger partial charge in [-0.05, 0) is 25.7 Å². The summed E-state index contributed by atoms with van der Waals surface area (Å²) in [4.78, 5) is 24.5. The summed E-state index contributed by atoms with van der Waals surface area (Å²) in [6.45, 7) is 5.11. The van der Waals surface area contributed by atoms with Crippen LogP contribution in [0.5, 0.6) is 0 Å². The molecular formula is C21H39NO4. The highest BCUT2D eigenvalue weighted by molar-refractivity contribution is 5.86. The zero-order valence-electron chi connectivity index (χ0n) is 16.9. The number of carbonyl (C=O) groups is 2. The second kappa shape index (κ2) is 13.9. The summed E-state index contributed by atoms with van der Waals surface area (Å²) in [6, 6.07) is 0. The van der Waals surface area contributed by atoms with Crippen LogP contribution in [0.1, 0.15) is 104 Å². The SMILES string of the molecule is CCCCCCCCCCOC(=O)C1(NC(=O)OCCCC)CCCC1. The van der Waals surface area contributed by atoms with E-state index in [0.717, 1.165) is 38.5 Å². The van der Waals surface area contributed by atoms with Crippen LogP contribution >= 0.6 is 0 Å². The number of rotatable bonds is 14. The molecule has 0 radical (unpaired) electrons. The van der Waals surface area contributed by atoms with Crippen molar-refractivity contribution in [2.45, 2.75) is 109 Å². The van der Waals surface area contributed by atoms with E-state index >= 15 is 0 Å². The molecule has 0 aliphatic heterocycles. The predicted molar refractivity (Wildman–Crippen MR) is 104 cm³/mol. The Morgan fingerprint density at radius 3 is 1.92 bits per heavy atom. The Bertz CT molecular complexity index is 391. The first kappa shape index (κ1) is 22.8. The van der Waals surface area contributed by atoms with Gasteiger partial charge in [0.25, 0.3) is 0 Å². The van der Waals surface area contributed by atoms with Crippen LogP contribution in [0.15, 0.2) is 0 Å². The lowest BCUT2D eigenvalue weighted by Crippen LogP contribution is -2.53. The van der Waals surface area contributed by atoms with Gasteiger partial charge in [-0.2, -0.15) is 0 Å². The van der Waals surface area contributed by atoms with Gasteiger partial charge in [0.15, 0.2) is 0 Å². The first-order valence-electron chi connectivity index (χ1n) is 10.8. The number of unbranched alkanes of at least 4 members (excludes halogenated alkanes) is 8. The molecule has 1 N–H and O–H groups in total. The van der Waals surface area contributed by atoms with Gasteiger partial charge in [0.2, 0.25) is 0 Å². The van der Waals surface area contributed by atoms with Gasteiger partial charge in [-0.1, -0.05) is 78.1 Å². The maximum atomic E-state index is 12.5. The Balaban J connectivity index is 2.23. The summed E-state index contributed by atoms with van der Waals surface area (Å²) in [7, 11) is 0. The quantitative estimate of drug-likeness (QED) is 0.324. The van der Waals surface area contributed by atoms with Gasteiger partial charge in [-0.3, -0.25) is 0 Å². The number of nitrogens with one attached hydrogen (secondary N) is 1. The maximum absolute atomic E-state index is 12.5. The molecule has 5 nitrogen and oxygen atoms in total. The topological polar surface area (TPSA) is 64.6 Å². The van der Waals surface area contributed by atoms with Gasteiger partial charge in [0.1, 0.15) is 5.54 Å². The van der Waals surface area contributed by atoms with Gasteiger partial charge >= 0.3 is 12.1 Å². The number of amides is 1. The van der Waals surface area contributed by atoms with Crippen molar-refractivity contribution in [2.75, 3.05) is 13.2 Å². The zero-order valence-corrected chi connectivity index (χ0v) is 16.9. The highest BCUT2D eigenvalue weighted by Gasteiger charge is 2.44. The van der Waals surface area contributed by atoms with Gasteiger partial charge < -0.3 is 14.8 Å². The Kier molecular flexibility index (Phi) is 12.2. The van der Waals surface area contributed by atoms with E-state index in [0.29, 0.717) is 26.1 Å². The molecule has 1 saturated carbocycles. The van der Waals surface area contributed by atoms with Crippen molar-refractivity contribution in [3.05, 3.63) is 0 Å². The minimum Gasteiger partial charge on any atom is -0.464 e. The lowest BCUT2D eigenvalue weighted by molar-refractivity contribution is -0.151. The molecule has 5 heteroatoms. The van der Waals surface area contributed by atoms with Gasteiger partial charge in [0.05, 0.1) is 13.2 Å². The van der Waals surface area contributed by atoms with E-state index in [1.807, 2.05) is 6.92 Å². The Morgan fingerprint density at radius 1 is 0.769 bits per heavy atom. The minimum atomic E-state index is -0.872. The fraction of sp³-hybridized carbons (Fsp3) is 0.905. The van der Waals surface area contributed by atoms with E-state index in [4.69, 9.17) is 9.47 Å². The molecule has 26 heavy (non-hydrogen) atoms. The first-order chi connectivity index (χ1) is 12.6. The molecule has 0 atom stereocenters. The Hall–Kier alpha value is -1.26. The number of hydrogen-bond acceptors (Lipinski definition) is 4.